The van der Waals surface area contributed by atoms with Crippen LogP contribution in [0.25, 0.3) is 6.08 Å². The number of esters is 1. The van der Waals surface area contributed by atoms with E-state index in [1.807, 2.05) is 0 Å². The molecule has 132 valence electrons. The molecule has 2 heterocycles. The van der Waals surface area contributed by atoms with Crippen LogP contribution in [0.15, 0.2) is 41.1 Å². The van der Waals surface area contributed by atoms with Crippen molar-refractivity contribution in [3.8, 4) is 5.75 Å². The van der Waals surface area contributed by atoms with E-state index in [4.69, 9.17) is 9.47 Å². The third kappa shape index (κ3) is 3.44. The zero-order valence-electron chi connectivity index (χ0n) is 14.3. The SMILES string of the molecule is COC(=O)C1=C(C)N(C[C@@H]2CCCO2)C(=O)/C1=C\c1cccc(O)c1. The predicted molar refractivity (Wildman–Crippen MR) is 91.5 cm³/mol. The zero-order chi connectivity index (χ0) is 18.0. The van der Waals surface area contributed by atoms with E-state index in [9.17, 15) is 14.7 Å². The topological polar surface area (TPSA) is 76.1 Å². The second-order valence-electron chi connectivity index (χ2n) is 6.16. The first-order valence-electron chi connectivity index (χ1n) is 8.25. The molecule has 1 N–H and O–H groups in total. The summed E-state index contributed by atoms with van der Waals surface area (Å²) in [6.45, 7) is 2.86. The zero-order valence-corrected chi connectivity index (χ0v) is 14.3. The third-order valence-electron chi connectivity index (χ3n) is 4.49. The Kier molecular flexibility index (Phi) is 4.90. The summed E-state index contributed by atoms with van der Waals surface area (Å²) in [4.78, 5) is 26.7. The van der Waals surface area contributed by atoms with E-state index < -0.39 is 5.97 Å². The molecule has 0 unspecified atom stereocenters. The number of amides is 1. The molecule has 0 saturated carbocycles. The van der Waals surface area contributed by atoms with Gasteiger partial charge in [0.1, 0.15) is 5.75 Å². The summed E-state index contributed by atoms with van der Waals surface area (Å²) in [7, 11) is 1.29. The van der Waals surface area contributed by atoms with Gasteiger partial charge in [0.2, 0.25) is 0 Å². The number of aromatic hydroxyl groups is 1. The standard InChI is InChI=1S/C19H21NO5/c1-12-17(19(23)24-2)16(10-13-5-3-6-14(21)9-13)18(22)20(12)11-15-7-4-8-25-15/h3,5-6,9-10,15,21H,4,7-8,11H2,1-2H3/b16-10-/t15-/m0/s1. The second kappa shape index (κ2) is 7.11. The molecule has 1 atom stereocenters. The minimum absolute atomic E-state index is 0.0158. The average molecular weight is 343 g/mol. The lowest BCUT2D eigenvalue weighted by Crippen LogP contribution is -2.33. The fourth-order valence-electron chi connectivity index (χ4n) is 3.22. The van der Waals surface area contributed by atoms with Crippen LogP contribution in [-0.2, 0) is 19.1 Å². The van der Waals surface area contributed by atoms with Crippen molar-refractivity contribution in [2.75, 3.05) is 20.3 Å². The number of phenolic OH excluding ortho intramolecular Hbond substituents is 1. The van der Waals surface area contributed by atoms with Gasteiger partial charge in [-0.05, 0) is 43.5 Å². The van der Waals surface area contributed by atoms with Gasteiger partial charge in [-0.3, -0.25) is 4.79 Å². The molecule has 3 rings (SSSR count). The maximum absolute atomic E-state index is 12.9. The highest BCUT2D eigenvalue weighted by atomic mass is 16.5. The lowest BCUT2D eigenvalue weighted by atomic mass is 10.0. The Labute approximate surface area is 146 Å². The van der Waals surface area contributed by atoms with Crippen molar-refractivity contribution in [3.63, 3.8) is 0 Å². The number of benzene rings is 1. The Hall–Kier alpha value is -2.60. The summed E-state index contributed by atoms with van der Waals surface area (Å²) < 4.78 is 10.5. The van der Waals surface area contributed by atoms with Crippen molar-refractivity contribution >= 4 is 18.0 Å². The molecule has 1 amide bonds. The summed E-state index contributed by atoms with van der Waals surface area (Å²) >= 11 is 0. The van der Waals surface area contributed by atoms with Crippen molar-refractivity contribution in [3.05, 3.63) is 46.7 Å². The lowest BCUT2D eigenvalue weighted by Gasteiger charge is -2.21. The van der Waals surface area contributed by atoms with Gasteiger partial charge >= 0.3 is 5.97 Å². The summed E-state index contributed by atoms with van der Waals surface area (Å²) in [5.41, 5.74) is 1.73. The van der Waals surface area contributed by atoms with Crippen molar-refractivity contribution in [1.29, 1.82) is 0 Å². The maximum atomic E-state index is 12.9. The Bertz CT molecular complexity index is 759. The molecular weight excluding hydrogens is 322 g/mol. The van der Waals surface area contributed by atoms with E-state index in [0.29, 0.717) is 24.4 Å². The van der Waals surface area contributed by atoms with Crippen molar-refractivity contribution < 1.29 is 24.2 Å². The molecule has 1 aromatic rings. The van der Waals surface area contributed by atoms with Crippen molar-refractivity contribution in [2.24, 2.45) is 0 Å². The molecule has 2 aliphatic rings. The number of methoxy groups -OCH3 is 1. The van der Waals surface area contributed by atoms with Crippen molar-refractivity contribution in [1.82, 2.24) is 4.90 Å². The number of allylic oxidation sites excluding steroid dienone is 1. The fourth-order valence-corrected chi connectivity index (χ4v) is 3.22. The number of nitrogens with zero attached hydrogens (tertiary/aromatic N) is 1. The molecule has 0 bridgehead atoms. The number of hydrogen-bond acceptors (Lipinski definition) is 5. The number of phenols is 1. The quantitative estimate of drug-likeness (QED) is 0.670. The number of rotatable bonds is 4. The molecule has 6 nitrogen and oxygen atoms in total. The van der Waals surface area contributed by atoms with Crippen LogP contribution in [0.3, 0.4) is 0 Å². The number of carbonyl (C=O) groups excluding carboxylic acids is 2. The monoisotopic (exact) mass is 343 g/mol. The Balaban J connectivity index is 1.98. The number of carbonyl (C=O) groups is 2. The van der Waals surface area contributed by atoms with E-state index in [-0.39, 0.29) is 28.9 Å². The van der Waals surface area contributed by atoms with Gasteiger partial charge in [-0.2, -0.15) is 0 Å². The predicted octanol–water partition coefficient (Wildman–Crippen LogP) is 2.24. The van der Waals surface area contributed by atoms with Crippen LogP contribution in [0, 0.1) is 0 Å². The van der Waals surface area contributed by atoms with Crippen LogP contribution in [0.1, 0.15) is 25.3 Å². The molecule has 1 saturated heterocycles. The summed E-state index contributed by atoms with van der Waals surface area (Å²) in [5, 5.41) is 9.62. The minimum atomic E-state index is -0.549. The molecule has 6 heteroatoms. The smallest absolute Gasteiger partial charge is 0.340 e. The van der Waals surface area contributed by atoms with Gasteiger partial charge in [0, 0.05) is 12.3 Å². The summed E-state index contributed by atoms with van der Waals surface area (Å²) in [6.07, 6.45) is 3.47. The Morgan fingerprint density at radius 3 is 2.92 bits per heavy atom. The van der Waals surface area contributed by atoms with Crippen LogP contribution in [0.2, 0.25) is 0 Å². The van der Waals surface area contributed by atoms with Crippen molar-refractivity contribution in [2.45, 2.75) is 25.9 Å². The first-order valence-corrected chi connectivity index (χ1v) is 8.25. The van der Waals surface area contributed by atoms with Gasteiger partial charge in [0.15, 0.2) is 0 Å². The van der Waals surface area contributed by atoms with Crippen LogP contribution in [-0.4, -0.2) is 48.2 Å². The van der Waals surface area contributed by atoms with Crippen LogP contribution in [0.4, 0.5) is 0 Å². The molecule has 2 aliphatic heterocycles. The maximum Gasteiger partial charge on any atom is 0.340 e. The first kappa shape index (κ1) is 17.2. The highest BCUT2D eigenvalue weighted by molar-refractivity contribution is 6.16. The molecule has 1 fully saturated rings. The van der Waals surface area contributed by atoms with Crippen LogP contribution in [0.5, 0.6) is 5.75 Å². The largest absolute Gasteiger partial charge is 0.508 e. The normalized spacial score (nSPS) is 22.2. The van der Waals surface area contributed by atoms with Gasteiger partial charge in [0.05, 0.1) is 30.9 Å². The first-order chi connectivity index (χ1) is 12.0. The molecular formula is C19H21NO5. The molecule has 0 radical (unpaired) electrons. The molecule has 25 heavy (non-hydrogen) atoms. The highest BCUT2D eigenvalue weighted by Gasteiger charge is 2.38. The Morgan fingerprint density at radius 2 is 2.28 bits per heavy atom. The Morgan fingerprint density at radius 1 is 1.48 bits per heavy atom. The molecule has 0 spiro atoms. The van der Waals surface area contributed by atoms with Gasteiger partial charge < -0.3 is 19.5 Å². The molecule has 0 aromatic heterocycles. The minimum Gasteiger partial charge on any atom is -0.508 e. The molecule has 1 aromatic carbocycles. The van der Waals surface area contributed by atoms with Gasteiger partial charge in [-0.25, -0.2) is 4.79 Å². The van der Waals surface area contributed by atoms with E-state index in [1.54, 1.807) is 36.1 Å². The van der Waals surface area contributed by atoms with Crippen LogP contribution < -0.4 is 0 Å². The van der Waals surface area contributed by atoms with E-state index >= 15 is 0 Å². The lowest BCUT2D eigenvalue weighted by molar-refractivity contribution is -0.136. The number of ether oxygens (including phenoxy) is 2. The fraction of sp³-hybridized carbons (Fsp3) is 0.368. The van der Waals surface area contributed by atoms with Gasteiger partial charge in [0.25, 0.3) is 5.91 Å². The highest BCUT2D eigenvalue weighted by Crippen LogP contribution is 2.33. The molecule has 0 aliphatic carbocycles. The van der Waals surface area contributed by atoms with E-state index in [1.165, 1.54) is 13.2 Å². The van der Waals surface area contributed by atoms with E-state index in [2.05, 4.69) is 0 Å². The second-order valence-corrected chi connectivity index (χ2v) is 6.16. The van der Waals surface area contributed by atoms with Gasteiger partial charge in [-0.1, -0.05) is 12.1 Å². The summed E-state index contributed by atoms with van der Waals surface area (Å²) in [6, 6.07) is 6.52. The summed E-state index contributed by atoms with van der Waals surface area (Å²) in [5.74, 6) is -0.708. The van der Waals surface area contributed by atoms with E-state index in [0.717, 1.165) is 12.8 Å². The van der Waals surface area contributed by atoms with Crippen LogP contribution >= 0.6 is 0 Å². The average Bonchev–Trinajstić information content (AvgIpc) is 3.18. The third-order valence-corrected chi connectivity index (χ3v) is 4.49. The number of hydrogen-bond donors (Lipinski definition) is 1. The van der Waals surface area contributed by atoms with Gasteiger partial charge in [-0.15, -0.1) is 0 Å².